The maximum atomic E-state index is 13.3. The van der Waals surface area contributed by atoms with Gasteiger partial charge in [-0.3, -0.25) is 0 Å². The molecule has 0 aliphatic carbocycles. The van der Waals surface area contributed by atoms with Crippen molar-refractivity contribution in [1.29, 1.82) is 0 Å². The second-order valence-corrected chi connectivity index (χ2v) is 7.58. The van der Waals surface area contributed by atoms with Crippen LogP contribution in [-0.4, -0.2) is 43.4 Å². The van der Waals surface area contributed by atoms with Crippen LogP contribution in [0.1, 0.15) is 24.2 Å². The Bertz CT molecular complexity index is 1030. The van der Waals surface area contributed by atoms with E-state index in [9.17, 15) is 9.18 Å². The first-order chi connectivity index (χ1) is 14.1. The molecule has 0 atom stereocenters. The van der Waals surface area contributed by atoms with Crippen LogP contribution in [-0.2, 0) is 4.74 Å². The van der Waals surface area contributed by atoms with Crippen LogP contribution in [0.25, 0.3) is 10.2 Å². The monoisotopic (exact) mass is 416 g/mol. The van der Waals surface area contributed by atoms with Gasteiger partial charge < -0.3 is 19.1 Å². The average Bonchev–Trinajstić information content (AvgIpc) is 3.08. The average molecular weight is 416 g/mol. The minimum absolute atomic E-state index is 0.214. The molecule has 0 spiro atoms. The number of aromatic nitrogens is 1. The maximum Gasteiger partial charge on any atom is 0.338 e. The van der Waals surface area contributed by atoms with Crippen LogP contribution in [0.2, 0.25) is 0 Å². The lowest BCUT2D eigenvalue weighted by Gasteiger charge is -2.38. The van der Waals surface area contributed by atoms with Gasteiger partial charge in [-0.05, 0) is 50.2 Å². The Kier molecular flexibility index (Phi) is 5.53. The van der Waals surface area contributed by atoms with Crippen LogP contribution in [0.15, 0.2) is 36.4 Å². The minimum Gasteiger partial charge on any atom is -0.490 e. The first kappa shape index (κ1) is 19.4. The third kappa shape index (κ3) is 4.12. The highest BCUT2D eigenvalue weighted by molar-refractivity contribution is 7.22. The summed E-state index contributed by atoms with van der Waals surface area (Å²) in [5.41, 5.74) is 1.19. The second kappa shape index (κ2) is 8.24. The Balaban J connectivity index is 1.38. The molecule has 0 bridgehead atoms. The van der Waals surface area contributed by atoms with E-state index in [1.54, 1.807) is 24.3 Å². The van der Waals surface area contributed by atoms with Gasteiger partial charge in [0.2, 0.25) is 0 Å². The fraction of sp³-hybridized carbons (Fsp3) is 0.333. The molecule has 1 aromatic heterocycles. The molecule has 1 aliphatic heterocycles. The summed E-state index contributed by atoms with van der Waals surface area (Å²) in [5, 5.41) is 0.803. The molecule has 2 heterocycles. The van der Waals surface area contributed by atoms with E-state index in [1.165, 1.54) is 23.5 Å². The third-order valence-corrected chi connectivity index (χ3v) is 5.59. The molecule has 0 N–H and O–H groups in total. The van der Waals surface area contributed by atoms with Crippen molar-refractivity contribution < 1.29 is 23.4 Å². The van der Waals surface area contributed by atoms with E-state index in [4.69, 9.17) is 14.2 Å². The van der Waals surface area contributed by atoms with E-state index in [0.29, 0.717) is 43.4 Å². The molecule has 4 rings (SSSR count). The van der Waals surface area contributed by atoms with Crippen LogP contribution >= 0.6 is 11.3 Å². The Labute approximate surface area is 171 Å². The molecule has 1 saturated heterocycles. The number of halogens is 1. The zero-order valence-electron chi connectivity index (χ0n) is 16.2. The third-order valence-electron chi connectivity index (χ3n) is 4.51. The molecule has 3 aromatic rings. The summed E-state index contributed by atoms with van der Waals surface area (Å²) in [6, 6.07) is 9.60. The first-order valence-corrected chi connectivity index (χ1v) is 10.3. The predicted molar refractivity (Wildman–Crippen MR) is 110 cm³/mol. The summed E-state index contributed by atoms with van der Waals surface area (Å²) in [6.45, 7) is 5.87. The highest BCUT2D eigenvalue weighted by Gasteiger charge is 2.32. The molecule has 1 aliphatic rings. The minimum atomic E-state index is -0.398. The quantitative estimate of drug-likeness (QED) is 0.536. The van der Waals surface area contributed by atoms with Gasteiger partial charge in [0, 0.05) is 0 Å². The fourth-order valence-corrected chi connectivity index (χ4v) is 4.10. The number of esters is 1. The number of benzene rings is 2. The van der Waals surface area contributed by atoms with Crippen LogP contribution in [0.4, 0.5) is 9.52 Å². The van der Waals surface area contributed by atoms with E-state index >= 15 is 0 Å². The van der Waals surface area contributed by atoms with Crippen LogP contribution in [0.5, 0.6) is 11.5 Å². The molecule has 0 saturated carbocycles. The zero-order chi connectivity index (χ0) is 20.4. The molecule has 0 amide bonds. The highest BCUT2D eigenvalue weighted by Crippen LogP contribution is 2.33. The second-order valence-electron chi connectivity index (χ2n) is 6.57. The van der Waals surface area contributed by atoms with Gasteiger partial charge in [0.1, 0.15) is 11.9 Å². The van der Waals surface area contributed by atoms with Crippen molar-refractivity contribution in [2.45, 2.75) is 20.0 Å². The van der Waals surface area contributed by atoms with E-state index in [2.05, 4.69) is 4.98 Å². The van der Waals surface area contributed by atoms with Gasteiger partial charge in [0.05, 0.1) is 42.1 Å². The van der Waals surface area contributed by atoms with Crippen molar-refractivity contribution in [2.24, 2.45) is 0 Å². The van der Waals surface area contributed by atoms with Crippen LogP contribution in [0, 0.1) is 5.82 Å². The van der Waals surface area contributed by atoms with Crippen LogP contribution in [0.3, 0.4) is 0 Å². The standard InChI is InChI=1S/C21H21FN2O4S/c1-3-26-17-8-5-13(9-18(17)27-4-2)20(25)28-15-11-24(12-15)21-23-16-7-6-14(22)10-19(16)29-21/h5-10,15H,3-4,11-12H2,1-2H3. The Hall–Kier alpha value is -2.87. The molecule has 0 radical (unpaired) electrons. The van der Waals surface area contributed by atoms with Crippen molar-refractivity contribution in [2.75, 3.05) is 31.2 Å². The van der Waals surface area contributed by atoms with Crippen molar-refractivity contribution in [1.82, 2.24) is 4.98 Å². The normalized spacial score (nSPS) is 14.0. The lowest BCUT2D eigenvalue weighted by atomic mass is 10.1. The summed E-state index contributed by atoms with van der Waals surface area (Å²) >= 11 is 1.43. The summed E-state index contributed by atoms with van der Waals surface area (Å²) < 4.78 is 30.8. The van der Waals surface area contributed by atoms with Gasteiger partial charge in [0.15, 0.2) is 16.6 Å². The molecule has 1 fully saturated rings. The van der Waals surface area contributed by atoms with E-state index < -0.39 is 5.97 Å². The SMILES string of the molecule is CCOc1ccc(C(=O)OC2CN(c3nc4ccc(F)cc4s3)C2)cc1OCC. The topological polar surface area (TPSA) is 60.9 Å². The lowest BCUT2D eigenvalue weighted by molar-refractivity contribution is 0.0234. The van der Waals surface area contributed by atoms with E-state index in [1.807, 2.05) is 18.7 Å². The van der Waals surface area contributed by atoms with Gasteiger partial charge >= 0.3 is 5.97 Å². The number of hydrogen-bond acceptors (Lipinski definition) is 7. The number of thiazole rings is 1. The smallest absolute Gasteiger partial charge is 0.338 e. The van der Waals surface area contributed by atoms with Gasteiger partial charge in [-0.1, -0.05) is 11.3 Å². The summed E-state index contributed by atoms with van der Waals surface area (Å²) in [5.74, 6) is 0.462. The molecule has 6 nitrogen and oxygen atoms in total. The van der Waals surface area contributed by atoms with Crippen molar-refractivity contribution in [3.05, 3.63) is 47.8 Å². The Morgan fingerprint density at radius 2 is 1.90 bits per heavy atom. The Morgan fingerprint density at radius 1 is 1.14 bits per heavy atom. The maximum absolute atomic E-state index is 13.3. The Morgan fingerprint density at radius 3 is 2.66 bits per heavy atom. The molecular weight excluding hydrogens is 395 g/mol. The number of carbonyl (C=O) groups excluding carboxylic acids is 1. The van der Waals surface area contributed by atoms with Gasteiger partial charge in [0.25, 0.3) is 0 Å². The summed E-state index contributed by atoms with van der Waals surface area (Å²) in [7, 11) is 0. The number of fused-ring (bicyclic) bond motifs is 1. The largest absolute Gasteiger partial charge is 0.490 e. The number of carbonyl (C=O) groups is 1. The summed E-state index contributed by atoms with van der Waals surface area (Å²) in [6.07, 6.45) is -0.214. The predicted octanol–water partition coefficient (Wildman–Crippen LogP) is 4.28. The number of anilines is 1. The lowest BCUT2D eigenvalue weighted by Crippen LogP contribution is -2.53. The number of nitrogens with zero attached hydrogens (tertiary/aromatic N) is 2. The molecule has 8 heteroatoms. The van der Waals surface area contributed by atoms with E-state index in [-0.39, 0.29) is 11.9 Å². The van der Waals surface area contributed by atoms with E-state index in [0.717, 1.165) is 15.3 Å². The van der Waals surface area contributed by atoms with Crippen LogP contribution < -0.4 is 14.4 Å². The number of rotatable bonds is 7. The fourth-order valence-electron chi connectivity index (χ4n) is 3.09. The van der Waals surface area contributed by atoms with Crippen molar-refractivity contribution in [3.8, 4) is 11.5 Å². The molecule has 152 valence electrons. The molecule has 29 heavy (non-hydrogen) atoms. The molecule has 2 aromatic carbocycles. The van der Waals surface area contributed by atoms with Crippen molar-refractivity contribution in [3.63, 3.8) is 0 Å². The van der Waals surface area contributed by atoms with Crippen molar-refractivity contribution >= 4 is 32.7 Å². The van der Waals surface area contributed by atoms with Gasteiger partial charge in [-0.2, -0.15) is 0 Å². The van der Waals surface area contributed by atoms with Gasteiger partial charge in [-0.25, -0.2) is 14.2 Å². The zero-order valence-corrected chi connectivity index (χ0v) is 17.0. The molecule has 0 unspecified atom stereocenters. The highest BCUT2D eigenvalue weighted by atomic mass is 32.1. The molecular formula is C21H21FN2O4S. The number of ether oxygens (including phenoxy) is 3. The summed E-state index contributed by atoms with van der Waals surface area (Å²) in [4.78, 5) is 19.0. The number of hydrogen-bond donors (Lipinski definition) is 0. The van der Waals surface area contributed by atoms with Gasteiger partial charge in [-0.15, -0.1) is 0 Å². The first-order valence-electron chi connectivity index (χ1n) is 9.49.